The van der Waals surface area contributed by atoms with E-state index in [1.807, 2.05) is 0 Å². The molecule has 1 unspecified atom stereocenters. The van der Waals surface area contributed by atoms with Gasteiger partial charge in [0, 0.05) is 26.3 Å². The molecular weight excluding hydrogens is 644 g/mol. The Bertz CT molecular complexity index is 1810. The predicted molar refractivity (Wildman–Crippen MR) is 176 cm³/mol. The molecule has 258 valence electrons. The van der Waals surface area contributed by atoms with Crippen LogP contribution in [0.25, 0.3) is 22.0 Å². The van der Waals surface area contributed by atoms with Crippen LogP contribution in [-0.2, 0) is 9.53 Å². The summed E-state index contributed by atoms with van der Waals surface area (Å²) in [5, 5.41) is 16.2. The highest BCUT2D eigenvalue weighted by molar-refractivity contribution is 6.00. The zero-order chi connectivity index (χ0) is 35.0. The molecule has 0 radical (unpaired) electrons. The molecular formula is C36H36F4N4O5. The molecule has 2 amide bonds. The molecule has 5 rings (SSSR count). The number of halogens is 4. The van der Waals surface area contributed by atoms with Crippen LogP contribution in [0.3, 0.4) is 0 Å². The second-order valence-corrected chi connectivity index (χ2v) is 11.4. The number of nitrogens with zero attached hydrogens (tertiary/aromatic N) is 3. The van der Waals surface area contributed by atoms with E-state index in [0.717, 1.165) is 17.7 Å². The Hall–Kier alpha value is -5.17. The van der Waals surface area contributed by atoms with Gasteiger partial charge in [-0.05, 0) is 71.4 Å². The highest BCUT2D eigenvalue weighted by Gasteiger charge is 2.32. The highest BCUT2D eigenvalue weighted by Crippen LogP contribution is 2.41. The molecule has 9 nitrogen and oxygen atoms in total. The number of carboxylic acid groups (broad SMARTS) is 1. The van der Waals surface area contributed by atoms with Crippen LogP contribution in [-0.4, -0.2) is 71.3 Å². The summed E-state index contributed by atoms with van der Waals surface area (Å²) in [4.78, 5) is 24.1. The number of likely N-dealkylation sites (N-methyl/N-ethyl adjacent to an activating group) is 1. The molecule has 1 aliphatic rings. The van der Waals surface area contributed by atoms with Crippen LogP contribution in [0.2, 0.25) is 0 Å². The van der Waals surface area contributed by atoms with Gasteiger partial charge in [0.1, 0.15) is 12.4 Å². The summed E-state index contributed by atoms with van der Waals surface area (Å²) in [6.07, 6.45) is -2.29. The standard InChI is InChI=1S/C36H36F4N4O5/c1-41-31(45)10-7-18-43(35(46)47)19-21-48-27-15-12-25(13-16-27)33(29(23-36(38,39)40)24-8-3-2-4-9-24)26-14-17-30-28(22-26)34(37)42-44(30)32-11-5-6-20-49-32/h2-4,7-10,12-17,22,32H,5-6,11,18-21,23H2,1H3,(H,41,45)(H,46,47)/b10-7+,33-29+. The number of hydrogen-bond acceptors (Lipinski definition) is 5. The molecule has 2 heterocycles. The van der Waals surface area contributed by atoms with Gasteiger partial charge in [0.2, 0.25) is 11.9 Å². The van der Waals surface area contributed by atoms with Crippen molar-refractivity contribution in [3.8, 4) is 5.75 Å². The maximum absolute atomic E-state index is 15.3. The molecule has 2 N–H and O–H groups in total. The largest absolute Gasteiger partial charge is 0.492 e. The van der Waals surface area contributed by atoms with E-state index in [1.165, 1.54) is 29.9 Å². The lowest BCUT2D eigenvalue weighted by molar-refractivity contribution is -0.123. The molecule has 1 aromatic heterocycles. The average Bonchev–Trinajstić information content (AvgIpc) is 3.43. The molecule has 4 aromatic rings. The van der Waals surface area contributed by atoms with Crippen molar-refractivity contribution in [3.63, 3.8) is 0 Å². The first-order valence-electron chi connectivity index (χ1n) is 15.8. The number of hydrogen-bond donors (Lipinski definition) is 2. The predicted octanol–water partition coefficient (Wildman–Crippen LogP) is 7.45. The van der Waals surface area contributed by atoms with E-state index >= 15 is 4.39 Å². The van der Waals surface area contributed by atoms with Crippen LogP contribution in [0.15, 0.2) is 84.9 Å². The summed E-state index contributed by atoms with van der Waals surface area (Å²) < 4.78 is 70.9. The number of benzene rings is 3. The minimum Gasteiger partial charge on any atom is -0.492 e. The van der Waals surface area contributed by atoms with Gasteiger partial charge in [0.15, 0.2) is 6.23 Å². The van der Waals surface area contributed by atoms with E-state index in [9.17, 15) is 27.9 Å². The van der Waals surface area contributed by atoms with E-state index < -0.39 is 30.9 Å². The number of alkyl halides is 3. The lowest BCUT2D eigenvalue weighted by atomic mass is 9.87. The number of amides is 2. The fraction of sp³-hybridized carbons (Fsp3) is 0.306. The molecule has 0 saturated carbocycles. The maximum atomic E-state index is 15.3. The van der Waals surface area contributed by atoms with E-state index in [-0.39, 0.29) is 42.1 Å². The second-order valence-electron chi connectivity index (χ2n) is 11.4. The molecule has 0 bridgehead atoms. The number of fused-ring (bicyclic) bond motifs is 1. The number of nitrogens with one attached hydrogen (secondary N) is 1. The fourth-order valence-corrected chi connectivity index (χ4v) is 5.71. The molecule has 13 heteroatoms. The number of carbonyl (C=O) groups excluding carboxylic acids is 1. The van der Waals surface area contributed by atoms with Crippen molar-refractivity contribution >= 4 is 34.0 Å². The Kier molecular flexibility index (Phi) is 11.3. The van der Waals surface area contributed by atoms with Crippen LogP contribution in [0.5, 0.6) is 5.75 Å². The van der Waals surface area contributed by atoms with Gasteiger partial charge in [0.25, 0.3) is 0 Å². The SMILES string of the molecule is CNC(=O)/C=C/CN(CCOc1ccc(/C(=C(/CC(F)(F)F)c2ccccc2)c2ccc3c(c2)c(F)nn3C2CCCCO2)cc1)C(=O)O. The third-order valence-electron chi connectivity index (χ3n) is 8.06. The van der Waals surface area contributed by atoms with Crippen LogP contribution in [0, 0.1) is 5.95 Å². The van der Waals surface area contributed by atoms with Gasteiger partial charge < -0.3 is 24.8 Å². The molecule has 0 aliphatic carbocycles. The van der Waals surface area contributed by atoms with Crippen LogP contribution >= 0.6 is 0 Å². The van der Waals surface area contributed by atoms with E-state index in [2.05, 4.69) is 10.4 Å². The van der Waals surface area contributed by atoms with E-state index in [1.54, 1.807) is 66.7 Å². The monoisotopic (exact) mass is 680 g/mol. The number of ether oxygens (including phenoxy) is 2. The van der Waals surface area contributed by atoms with Crippen molar-refractivity contribution in [3.05, 3.63) is 108 Å². The minimum atomic E-state index is -4.55. The topological polar surface area (TPSA) is 106 Å². The zero-order valence-corrected chi connectivity index (χ0v) is 26.8. The van der Waals surface area contributed by atoms with Crippen molar-refractivity contribution in [2.45, 2.75) is 38.1 Å². The van der Waals surface area contributed by atoms with Gasteiger partial charge >= 0.3 is 12.3 Å². The van der Waals surface area contributed by atoms with Crippen LogP contribution in [0.4, 0.5) is 22.4 Å². The smallest absolute Gasteiger partial charge is 0.407 e. The Morgan fingerprint density at radius 3 is 2.45 bits per heavy atom. The summed E-state index contributed by atoms with van der Waals surface area (Å²) in [5.41, 5.74) is 1.91. The van der Waals surface area contributed by atoms with E-state index in [0.29, 0.717) is 41.0 Å². The maximum Gasteiger partial charge on any atom is 0.407 e. The second kappa shape index (κ2) is 15.8. The Morgan fingerprint density at radius 2 is 1.80 bits per heavy atom. The fourth-order valence-electron chi connectivity index (χ4n) is 5.71. The lowest BCUT2D eigenvalue weighted by Crippen LogP contribution is -2.33. The van der Waals surface area contributed by atoms with Gasteiger partial charge in [-0.25, -0.2) is 9.48 Å². The lowest BCUT2D eigenvalue weighted by Gasteiger charge is -2.23. The molecule has 1 saturated heterocycles. The highest BCUT2D eigenvalue weighted by atomic mass is 19.4. The number of aromatic nitrogens is 2. The van der Waals surface area contributed by atoms with Crippen molar-refractivity contribution in [1.29, 1.82) is 0 Å². The van der Waals surface area contributed by atoms with Crippen molar-refractivity contribution < 1.29 is 41.7 Å². The van der Waals surface area contributed by atoms with Crippen LogP contribution in [0.1, 0.15) is 48.6 Å². The van der Waals surface area contributed by atoms with E-state index in [4.69, 9.17) is 9.47 Å². The summed E-state index contributed by atoms with van der Waals surface area (Å²) in [6, 6.07) is 19.5. The summed E-state index contributed by atoms with van der Waals surface area (Å²) in [6.45, 7) is 0.480. The number of rotatable bonds is 12. The molecule has 1 atom stereocenters. The van der Waals surface area contributed by atoms with Gasteiger partial charge in [-0.2, -0.15) is 17.6 Å². The van der Waals surface area contributed by atoms with Crippen molar-refractivity contribution in [2.75, 3.05) is 33.4 Å². The molecule has 1 aliphatic heterocycles. The van der Waals surface area contributed by atoms with Gasteiger partial charge in [0.05, 0.1) is 23.9 Å². The van der Waals surface area contributed by atoms with Gasteiger partial charge in [-0.15, -0.1) is 5.10 Å². The first-order valence-corrected chi connectivity index (χ1v) is 15.8. The van der Waals surface area contributed by atoms with Gasteiger partial charge in [-0.3, -0.25) is 4.79 Å². The first-order chi connectivity index (χ1) is 23.5. The summed E-state index contributed by atoms with van der Waals surface area (Å²) in [7, 11) is 1.46. The van der Waals surface area contributed by atoms with Crippen LogP contribution < -0.4 is 10.1 Å². The third-order valence-corrected chi connectivity index (χ3v) is 8.06. The molecule has 0 spiro atoms. The third kappa shape index (κ3) is 9.05. The summed E-state index contributed by atoms with van der Waals surface area (Å²) in [5.74, 6) is -0.748. The molecule has 49 heavy (non-hydrogen) atoms. The number of carbonyl (C=O) groups is 2. The Morgan fingerprint density at radius 1 is 1.06 bits per heavy atom. The first kappa shape index (κ1) is 35.1. The zero-order valence-electron chi connectivity index (χ0n) is 26.8. The molecule has 1 fully saturated rings. The molecule has 3 aromatic carbocycles. The van der Waals surface area contributed by atoms with Crippen molar-refractivity contribution in [1.82, 2.24) is 20.0 Å². The summed E-state index contributed by atoms with van der Waals surface area (Å²) >= 11 is 0. The minimum absolute atomic E-state index is 0.00474. The average molecular weight is 681 g/mol. The quantitative estimate of drug-likeness (QED) is 0.0916. The van der Waals surface area contributed by atoms with Crippen molar-refractivity contribution in [2.24, 2.45) is 0 Å². The normalized spacial score (nSPS) is 15.7. The Labute approximate surface area is 280 Å². The number of allylic oxidation sites excluding steroid dienone is 1. The Balaban J connectivity index is 1.49. The van der Waals surface area contributed by atoms with Gasteiger partial charge in [-0.1, -0.05) is 54.6 Å².